The van der Waals surface area contributed by atoms with E-state index in [0.29, 0.717) is 5.69 Å². The Morgan fingerprint density at radius 3 is 2.20 bits per heavy atom. The quantitative estimate of drug-likeness (QED) is 0.385. The van der Waals surface area contributed by atoms with Crippen molar-refractivity contribution in [3.63, 3.8) is 0 Å². The first-order valence-electron chi connectivity index (χ1n) is 11.5. The average molecular weight is 472 g/mol. The maximum absolute atomic E-state index is 13.5. The molecule has 0 bridgehead atoms. The number of anilines is 1. The zero-order chi connectivity index (χ0) is 25.3. The fraction of sp³-hybridized carbons (Fsp3) is 0.250. The van der Waals surface area contributed by atoms with Gasteiger partial charge in [-0.25, -0.2) is 9.69 Å². The van der Waals surface area contributed by atoms with Crippen LogP contribution in [0.5, 0.6) is 0 Å². The molecule has 7 heteroatoms. The third-order valence-electron chi connectivity index (χ3n) is 6.38. The molecule has 0 aliphatic carbocycles. The number of hydrogen-bond donors (Lipinski definition) is 0. The van der Waals surface area contributed by atoms with Crippen molar-refractivity contribution < 1.29 is 19.1 Å². The Morgan fingerprint density at radius 1 is 0.829 bits per heavy atom. The molecule has 2 aromatic carbocycles. The van der Waals surface area contributed by atoms with Gasteiger partial charge in [0.05, 0.1) is 18.8 Å². The number of imide groups is 2. The summed E-state index contributed by atoms with van der Waals surface area (Å²) in [4.78, 5) is 42.0. The number of rotatable bonds is 6. The standard InChI is InChI=1S/C28H29N3O4/c1-18-11-12-24(15-19(18)2)30-20(3)16-22(21(30)4)17-25-26(32)29(13-14-35-5)28(34)31(27(25)33)23-9-7-6-8-10-23/h6-12,15-17H,13-14H2,1-5H3/b25-17-. The molecule has 2 heterocycles. The number of carbonyl (C=O) groups excluding carboxylic acids is 3. The van der Waals surface area contributed by atoms with Crippen LogP contribution in [0.4, 0.5) is 10.5 Å². The monoisotopic (exact) mass is 471 g/mol. The summed E-state index contributed by atoms with van der Waals surface area (Å²) >= 11 is 0. The molecular formula is C28H29N3O4. The van der Waals surface area contributed by atoms with E-state index in [-0.39, 0.29) is 18.7 Å². The first-order valence-corrected chi connectivity index (χ1v) is 11.5. The Bertz CT molecular complexity index is 1340. The number of hydrogen-bond acceptors (Lipinski definition) is 4. The average Bonchev–Trinajstić information content (AvgIpc) is 3.12. The summed E-state index contributed by atoms with van der Waals surface area (Å²) in [6.45, 7) is 8.29. The lowest BCUT2D eigenvalue weighted by atomic mass is 10.1. The molecule has 180 valence electrons. The second-order valence-corrected chi connectivity index (χ2v) is 8.70. The van der Waals surface area contributed by atoms with Crippen molar-refractivity contribution >= 4 is 29.6 Å². The molecule has 1 fully saturated rings. The van der Waals surface area contributed by atoms with Gasteiger partial charge in [-0.1, -0.05) is 24.3 Å². The minimum atomic E-state index is -0.680. The van der Waals surface area contributed by atoms with E-state index in [1.165, 1.54) is 18.2 Å². The number of nitrogens with zero attached hydrogens (tertiary/aromatic N) is 3. The van der Waals surface area contributed by atoms with Gasteiger partial charge in [0, 0.05) is 24.2 Å². The zero-order valence-corrected chi connectivity index (χ0v) is 20.7. The number of carbonyl (C=O) groups is 3. The van der Waals surface area contributed by atoms with E-state index in [0.717, 1.165) is 32.4 Å². The van der Waals surface area contributed by atoms with E-state index in [9.17, 15) is 14.4 Å². The number of para-hydroxylation sites is 1. The van der Waals surface area contributed by atoms with Gasteiger partial charge in [-0.3, -0.25) is 14.5 Å². The number of benzene rings is 2. The van der Waals surface area contributed by atoms with Gasteiger partial charge in [-0.05, 0) is 80.8 Å². The molecule has 35 heavy (non-hydrogen) atoms. The predicted octanol–water partition coefficient (Wildman–Crippen LogP) is 4.74. The largest absolute Gasteiger partial charge is 0.383 e. The second kappa shape index (κ2) is 9.72. The fourth-order valence-corrected chi connectivity index (χ4v) is 4.31. The summed E-state index contributed by atoms with van der Waals surface area (Å²) in [5.41, 5.74) is 6.35. The molecule has 1 aliphatic rings. The highest BCUT2D eigenvalue weighted by molar-refractivity contribution is 6.39. The third-order valence-corrected chi connectivity index (χ3v) is 6.38. The van der Waals surface area contributed by atoms with Crippen LogP contribution in [0.2, 0.25) is 0 Å². The maximum atomic E-state index is 13.5. The van der Waals surface area contributed by atoms with E-state index in [1.807, 2.05) is 19.9 Å². The van der Waals surface area contributed by atoms with Crippen LogP contribution in [0.25, 0.3) is 11.8 Å². The van der Waals surface area contributed by atoms with Crippen molar-refractivity contribution in [3.05, 3.63) is 88.2 Å². The molecule has 0 N–H and O–H groups in total. The minimum Gasteiger partial charge on any atom is -0.383 e. The highest BCUT2D eigenvalue weighted by atomic mass is 16.5. The molecule has 4 rings (SSSR count). The van der Waals surface area contributed by atoms with E-state index < -0.39 is 17.8 Å². The molecule has 3 aromatic rings. The van der Waals surface area contributed by atoms with Gasteiger partial charge in [0.1, 0.15) is 5.57 Å². The van der Waals surface area contributed by atoms with Gasteiger partial charge in [0.15, 0.2) is 0 Å². The van der Waals surface area contributed by atoms with Crippen molar-refractivity contribution in [1.29, 1.82) is 0 Å². The van der Waals surface area contributed by atoms with Crippen LogP contribution in [0.3, 0.4) is 0 Å². The molecule has 1 saturated heterocycles. The number of methoxy groups -OCH3 is 1. The first kappa shape index (κ1) is 24.2. The number of urea groups is 1. The highest BCUT2D eigenvalue weighted by Gasteiger charge is 2.42. The topological polar surface area (TPSA) is 71.8 Å². The van der Waals surface area contributed by atoms with E-state index in [4.69, 9.17) is 4.74 Å². The Balaban J connectivity index is 1.81. The number of aromatic nitrogens is 1. The molecule has 0 atom stereocenters. The molecule has 0 unspecified atom stereocenters. The summed E-state index contributed by atoms with van der Waals surface area (Å²) in [7, 11) is 1.50. The zero-order valence-electron chi connectivity index (χ0n) is 20.7. The van der Waals surface area contributed by atoms with Crippen molar-refractivity contribution in [2.24, 2.45) is 0 Å². The van der Waals surface area contributed by atoms with Crippen molar-refractivity contribution in [2.75, 3.05) is 25.2 Å². The molecule has 1 aliphatic heterocycles. The summed E-state index contributed by atoms with van der Waals surface area (Å²) in [6, 6.07) is 16.1. The molecule has 1 aromatic heterocycles. The molecular weight excluding hydrogens is 442 g/mol. The molecule has 0 radical (unpaired) electrons. The van der Waals surface area contributed by atoms with Crippen LogP contribution >= 0.6 is 0 Å². The molecule has 4 amide bonds. The summed E-state index contributed by atoms with van der Waals surface area (Å²) in [5, 5.41) is 0. The van der Waals surface area contributed by atoms with E-state index in [2.05, 4.69) is 36.6 Å². The molecule has 0 saturated carbocycles. The van der Waals surface area contributed by atoms with Crippen molar-refractivity contribution in [3.8, 4) is 5.69 Å². The van der Waals surface area contributed by atoms with Crippen LogP contribution in [0.15, 0.2) is 60.2 Å². The SMILES string of the molecule is COCCN1C(=O)/C(=C/c2cc(C)n(-c3ccc(C)c(C)c3)c2C)C(=O)N(c2ccccc2)C1=O. The minimum absolute atomic E-state index is 0.0454. The number of ether oxygens (including phenoxy) is 1. The van der Waals surface area contributed by atoms with Gasteiger partial charge in [-0.2, -0.15) is 0 Å². The lowest BCUT2D eigenvalue weighted by Gasteiger charge is -2.33. The van der Waals surface area contributed by atoms with Gasteiger partial charge in [0.2, 0.25) is 0 Å². The summed E-state index contributed by atoms with van der Waals surface area (Å²) in [5.74, 6) is -1.27. The summed E-state index contributed by atoms with van der Waals surface area (Å²) < 4.78 is 7.19. The Hall–Kier alpha value is -3.97. The van der Waals surface area contributed by atoms with Gasteiger partial charge in [0.25, 0.3) is 11.8 Å². The fourth-order valence-electron chi connectivity index (χ4n) is 4.31. The van der Waals surface area contributed by atoms with Crippen LogP contribution in [0.1, 0.15) is 28.1 Å². The predicted molar refractivity (Wildman–Crippen MR) is 136 cm³/mol. The number of aryl methyl sites for hydroxylation is 3. The Labute approximate surface area is 205 Å². The van der Waals surface area contributed by atoms with Crippen LogP contribution in [-0.2, 0) is 14.3 Å². The van der Waals surface area contributed by atoms with E-state index in [1.54, 1.807) is 36.4 Å². The number of barbiturate groups is 1. The maximum Gasteiger partial charge on any atom is 0.338 e. The van der Waals surface area contributed by atoms with Gasteiger partial charge >= 0.3 is 6.03 Å². The molecule has 0 spiro atoms. The third kappa shape index (κ3) is 4.42. The lowest BCUT2D eigenvalue weighted by molar-refractivity contribution is -0.129. The smallest absolute Gasteiger partial charge is 0.338 e. The Morgan fingerprint density at radius 2 is 1.54 bits per heavy atom. The first-order chi connectivity index (χ1) is 16.7. The lowest BCUT2D eigenvalue weighted by Crippen LogP contribution is -2.57. The van der Waals surface area contributed by atoms with Crippen molar-refractivity contribution in [2.45, 2.75) is 27.7 Å². The summed E-state index contributed by atoms with van der Waals surface area (Å²) in [6.07, 6.45) is 1.59. The normalized spacial score (nSPS) is 15.5. The van der Waals surface area contributed by atoms with Gasteiger partial charge < -0.3 is 9.30 Å². The van der Waals surface area contributed by atoms with Crippen LogP contribution in [0, 0.1) is 27.7 Å². The van der Waals surface area contributed by atoms with Gasteiger partial charge in [-0.15, -0.1) is 0 Å². The second-order valence-electron chi connectivity index (χ2n) is 8.70. The van der Waals surface area contributed by atoms with Crippen LogP contribution in [-0.4, -0.2) is 47.6 Å². The van der Waals surface area contributed by atoms with E-state index >= 15 is 0 Å². The number of amides is 4. The molecule has 7 nitrogen and oxygen atoms in total. The highest BCUT2D eigenvalue weighted by Crippen LogP contribution is 2.29. The van der Waals surface area contributed by atoms with Crippen LogP contribution < -0.4 is 4.90 Å². The Kier molecular flexibility index (Phi) is 6.71. The van der Waals surface area contributed by atoms with Crippen molar-refractivity contribution in [1.82, 2.24) is 9.47 Å².